The van der Waals surface area contributed by atoms with E-state index < -0.39 is 0 Å². The lowest BCUT2D eigenvalue weighted by atomic mass is 9.88. The topological polar surface area (TPSA) is 20.3 Å². The molecule has 2 heteroatoms. The number of carbonyl (C=O) groups is 1. The van der Waals surface area contributed by atoms with E-state index in [0.717, 1.165) is 24.8 Å². The molecule has 0 radical (unpaired) electrons. The quantitative estimate of drug-likeness (QED) is 0.620. The molecular weight excluding hydrogens is 222 g/mol. The minimum absolute atomic E-state index is 0.249. The summed E-state index contributed by atoms with van der Waals surface area (Å²) in [5, 5.41) is 0. The molecule has 0 aromatic carbocycles. The largest absolute Gasteiger partial charge is 0.345 e. The molecule has 0 N–H and O–H groups in total. The van der Waals surface area contributed by atoms with Crippen LogP contribution >= 0.6 is 0 Å². The molecule has 0 rings (SSSR count). The van der Waals surface area contributed by atoms with E-state index >= 15 is 0 Å². The number of hydrogen-bond acceptors (Lipinski definition) is 1. The van der Waals surface area contributed by atoms with Crippen molar-refractivity contribution in [1.82, 2.24) is 4.90 Å². The zero-order valence-electron chi connectivity index (χ0n) is 13.5. The van der Waals surface area contributed by atoms with Crippen LogP contribution in [0.25, 0.3) is 0 Å². The summed E-state index contributed by atoms with van der Waals surface area (Å²) in [6, 6.07) is 0. The Hall–Kier alpha value is -0.530. The van der Waals surface area contributed by atoms with Crippen molar-refractivity contribution in [1.29, 1.82) is 0 Å². The Balaban J connectivity index is 3.89. The van der Waals surface area contributed by atoms with Gasteiger partial charge < -0.3 is 4.90 Å². The molecule has 0 aliphatic carbocycles. The van der Waals surface area contributed by atoms with Crippen LogP contribution in [0.1, 0.15) is 67.2 Å². The van der Waals surface area contributed by atoms with E-state index in [1.165, 1.54) is 19.3 Å². The standard InChI is InChI=1S/C16H33NO/c1-8-14(13(2)3)11-9-10-12-17(7)15(18)16(4,5)6/h13-14H,8-12H2,1-7H3. The van der Waals surface area contributed by atoms with Crippen LogP contribution in [0.3, 0.4) is 0 Å². The van der Waals surface area contributed by atoms with Crippen LogP contribution in [0.2, 0.25) is 0 Å². The number of nitrogens with zero attached hydrogens (tertiary/aromatic N) is 1. The van der Waals surface area contributed by atoms with E-state index in [2.05, 4.69) is 20.8 Å². The molecule has 1 unspecified atom stereocenters. The molecule has 0 spiro atoms. The van der Waals surface area contributed by atoms with Gasteiger partial charge in [-0.3, -0.25) is 4.79 Å². The molecule has 18 heavy (non-hydrogen) atoms. The Morgan fingerprint density at radius 1 is 1.17 bits per heavy atom. The first-order valence-electron chi connectivity index (χ1n) is 7.45. The van der Waals surface area contributed by atoms with Crippen molar-refractivity contribution >= 4 is 5.91 Å². The predicted molar refractivity (Wildman–Crippen MR) is 79.6 cm³/mol. The van der Waals surface area contributed by atoms with Crippen LogP contribution in [0.15, 0.2) is 0 Å². The van der Waals surface area contributed by atoms with Gasteiger partial charge in [-0.05, 0) is 18.3 Å². The fraction of sp³-hybridized carbons (Fsp3) is 0.938. The maximum Gasteiger partial charge on any atom is 0.227 e. The van der Waals surface area contributed by atoms with Gasteiger partial charge >= 0.3 is 0 Å². The van der Waals surface area contributed by atoms with Gasteiger partial charge in [0.25, 0.3) is 0 Å². The molecule has 0 aromatic heterocycles. The molecule has 0 aliphatic rings. The van der Waals surface area contributed by atoms with Crippen LogP contribution in [0.5, 0.6) is 0 Å². The SMILES string of the molecule is CCC(CCCCN(C)C(=O)C(C)(C)C)C(C)C. The number of rotatable bonds is 7. The first-order chi connectivity index (χ1) is 8.20. The maximum absolute atomic E-state index is 12.0. The summed E-state index contributed by atoms with van der Waals surface area (Å²) in [5.41, 5.74) is -0.251. The van der Waals surface area contributed by atoms with Gasteiger partial charge in [-0.1, -0.05) is 60.8 Å². The van der Waals surface area contributed by atoms with Crippen molar-refractivity contribution < 1.29 is 4.79 Å². The van der Waals surface area contributed by atoms with Gasteiger partial charge in [-0.2, -0.15) is 0 Å². The summed E-state index contributed by atoms with van der Waals surface area (Å²) in [6.07, 6.45) is 4.93. The first kappa shape index (κ1) is 17.5. The Kier molecular flexibility index (Phi) is 7.58. The minimum Gasteiger partial charge on any atom is -0.345 e. The lowest BCUT2D eigenvalue weighted by Crippen LogP contribution is -2.37. The monoisotopic (exact) mass is 255 g/mol. The highest BCUT2D eigenvalue weighted by atomic mass is 16.2. The third-order valence-electron chi connectivity index (χ3n) is 3.77. The summed E-state index contributed by atoms with van der Waals surface area (Å²) < 4.78 is 0. The van der Waals surface area contributed by atoms with Gasteiger partial charge in [0, 0.05) is 19.0 Å². The molecular formula is C16H33NO. The predicted octanol–water partition coefficient (Wildman–Crippen LogP) is 4.34. The summed E-state index contributed by atoms with van der Waals surface area (Å²) in [6.45, 7) is 13.7. The summed E-state index contributed by atoms with van der Waals surface area (Å²) in [4.78, 5) is 13.9. The zero-order valence-corrected chi connectivity index (χ0v) is 13.5. The van der Waals surface area contributed by atoms with Gasteiger partial charge in [0.15, 0.2) is 0 Å². The average molecular weight is 255 g/mol. The van der Waals surface area contributed by atoms with E-state index in [4.69, 9.17) is 0 Å². The molecule has 108 valence electrons. The lowest BCUT2D eigenvalue weighted by molar-refractivity contribution is -0.138. The van der Waals surface area contributed by atoms with Crippen LogP contribution in [-0.4, -0.2) is 24.4 Å². The molecule has 0 aromatic rings. The van der Waals surface area contributed by atoms with Crippen molar-refractivity contribution in [3.05, 3.63) is 0 Å². The van der Waals surface area contributed by atoms with Gasteiger partial charge in [-0.15, -0.1) is 0 Å². The molecule has 2 nitrogen and oxygen atoms in total. The summed E-state index contributed by atoms with van der Waals surface area (Å²) >= 11 is 0. The highest BCUT2D eigenvalue weighted by molar-refractivity contribution is 5.81. The molecule has 0 bridgehead atoms. The molecule has 1 amide bonds. The number of carbonyl (C=O) groups excluding carboxylic acids is 1. The molecule has 0 heterocycles. The van der Waals surface area contributed by atoms with Crippen LogP contribution in [-0.2, 0) is 4.79 Å². The minimum atomic E-state index is -0.251. The second-order valence-electron chi connectivity index (χ2n) is 6.88. The highest BCUT2D eigenvalue weighted by Crippen LogP contribution is 2.22. The maximum atomic E-state index is 12.0. The van der Waals surface area contributed by atoms with Gasteiger partial charge in [0.1, 0.15) is 0 Å². The third-order valence-corrected chi connectivity index (χ3v) is 3.77. The highest BCUT2D eigenvalue weighted by Gasteiger charge is 2.24. The smallest absolute Gasteiger partial charge is 0.227 e. The second-order valence-corrected chi connectivity index (χ2v) is 6.88. The van der Waals surface area contributed by atoms with E-state index in [1.54, 1.807) is 0 Å². The molecule has 0 aliphatic heterocycles. The van der Waals surface area contributed by atoms with E-state index in [-0.39, 0.29) is 11.3 Å². The van der Waals surface area contributed by atoms with Crippen molar-refractivity contribution in [3.8, 4) is 0 Å². The number of hydrogen-bond donors (Lipinski definition) is 0. The third kappa shape index (κ3) is 6.42. The van der Waals surface area contributed by atoms with Crippen molar-refractivity contribution in [2.24, 2.45) is 17.3 Å². The van der Waals surface area contributed by atoms with Gasteiger partial charge in [-0.25, -0.2) is 0 Å². The van der Waals surface area contributed by atoms with Crippen LogP contribution in [0, 0.1) is 17.3 Å². The Morgan fingerprint density at radius 2 is 1.72 bits per heavy atom. The van der Waals surface area contributed by atoms with Crippen molar-refractivity contribution in [3.63, 3.8) is 0 Å². The zero-order chi connectivity index (χ0) is 14.3. The number of unbranched alkanes of at least 4 members (excludes halogenated alkanes) is 1. The Labute approximate surface area is 114 Å². The fourth-order valence-electron chi connectivity index (χ4n) is 2.44. The van der Waals surface area contributed by atoms with Crippen LogP contribution < -0.4 is 0 Å². The summed E-state index contributed by atoms with van der Waals surface area (Å²) in [7, 11) is 1.92. The molecule has 0 saturated heterocycles. The molecule has 0 fully saturated rings. The van der Waals surface area contributed by atoms with Crippen molar-refractivity contribution in [2.45, 2.75) is 67.2 Å². The van der Waals surface area contributed by atoms with E-state index in [1.807, 2.05) is 32.7 Å². The normalized spacial score (nSPS) is 13.8. The fourth-order valence-corrected chi connectivity index (χ4v) is 2.44. The van der Waals surface area contributed by atoms with Gasteiger partial charge in [0.05, 0.1) is 0 Å². The van der Waals surface area contributed by atoms with Crippen LogP contribution in [0.4, 0.5) is 0 Å². The first-order valence-corrected chi connectivity index (χ1v) is 7.45. The molecule has 0 saturated carbocycles. The summed E-state index contributed by atoms with van der Waals surface area (Å²) in [5.74, 6) is 1.87. The van der Waals surface area contributed by atoms with Crippen molar-refractivity contribution in [2.75, 3.05) is 13.6 Å². The second kappa shape index (κ2) is 7.81. The van der Waals surface area contributed by atoms with Gasteiger partial charge in [0.2, 0.25) is 5.91 Å². The van der Waals surface area contributed by atoms with E-state index in [0.29, 0.717) is 0 Å². The molecule has 1 atom stereocenters. The average Bonchev–Trinajstić information content (AvgIpc) is 2.25. The Morgan fingerprint density at radius 3 is 2.11 bits per heavy atom. The number of amides is 1. The Bertz CT molecular complexity index is 240. The van der Waals surface area contributed by atoms with E-state index in [9.17, 15) is 4.79 Å². The lowest BCUT2D eigenvalue weighted by Gasteiger charge is -2.26.